The number of carboxylic acids is 1. The van der Waals surface area contributed by atoms with Gasteiger partial charge in [0.2, 0.25) is 0 Å². The fourth-order valence-electron chi connectivity index (χ4n) is 1.19. The maximum atomic E-state index is 10.9. The maximum absolute atomic E-state index is 10.9. The van der Waals surface area contributed by atoms with E-state index in [9.17, 15) is 4.79 Å². The van der Waals surface area contributed by atoms with Gasteiger partial charge in [0, 0.05) is 11.4 Å². The molecule has 0 aliphatic heterocycles. The van der Waals surface area contributed by atoms with E-state index in [4.69, 9.17) is 5.11 Å². The van der Waals surface area contributed by atoms with Gasteiger partial charge in [-0.2, -0.15) is 11.8 Å². The van der Waals surface area contributed by atoms with Crippen LogP contribution >= 0.6 is 23.1 Å². The highest BCUT2D eigenvalue weighted by atomic mass is 32.2. The topological polar surface area (TPSA) is 49.3 Å². The zero-order valence-corrected chi connectivity index (χ0v) is 10.2. The van der Waals surface area contributed by atoms with Crippen molar-refractivity contribution in [2.24, 2.45) is 0 Å². The van der Waals surface area contributed by atoms with Gasteiger partial charge in [0.05, 0.1) is 0 Å². The van der Waals surface area contributed by atoms with Crippen LogP contribution in [0.5, 0.6) is 0 Å². The molecule has 0 aliphatic rings. The lowest BCUT2D eigenvalue weighted by molar-refractivity contribution is -0.139. The van der Waals surface area contributed by atoms with Crippen LogP contribution in [-0.4, -0.2) is 29.1 Å². The van der Waals surface area contributed by atoms with E-state index < -0.39 is 12.0 Å². The van der Waals surface area contributed by atoms with Gasteiger partial charge in [-0.3, -0.25) is 10.1 Å². The van der Waals surface area contributed by atoms with E-state index in [0.29, 0.717) is 13.0 Å². The third-order valence-corrected chi connectivity index (χ3v) is 3.53. The molecule has 84 valence electrons. The number of hydrogen-bond donors (Lipinski definition) is 2. The maximum Gasteiger partial charge on any atom is 0.320 e. The lowest BCUT2D eigenvalue weighted by Crippen LogP contribution is -2.36. The summed E-state index contributed by atoms with van der Waals surface area (Å²) >= 11 is 3.31. The van der Waals surface area contributed by atoms with Crippen LogP contribution < -0.4 is 5.32 Å². The molecule has 0 radical (unpaired) electrons. The first kappa shape index (κ1) is 12.5. The molecule has 1 unspecified atom stereocenters. The summed E-state index contributed by atoms with van der Waals surface area (Å²) in [7, 11) is 0. The monoisotopic (exact) mass is 245 g/mol. The fraction of sp³-hybridized carbons (Fsp3) is 0.500. The van der Waals surface area contributed by atoms with E-state index in [-0.39, 0.29) is 0 Å². The van der Waals surface area contributed by atoms with Crippen LogP contribution in [0.25, 0.3) is 0 Å². The molecule has 0 spiro atoms. The molecule has 1 aromatic heterocycles. The number of thiophene rings is 1. The summed E-state index contributed by atoms with van der Waals surface area (Å²) in [6.45, 7) is 0.642. The summed E-state index contributed by atoms with van der Waals surface area (Å²) in [5.41, 5.74) is 0. The standard InChI is InChI=1S/C10H15NO2S2/c1-14-6-4-9(10(12)13)11-7-8-3-2-5-15-8/h2-3,5,9,11H,4,6-7H2,1H3,(H,12,13). The molecular weight excluding hydrogens is 230 g/mol. The zero-order valence-electron chi connectivity index (χ0n) is 8.60. The molecule has 1 atom stereocenters. The average molecular weight is 245 g/mol. The Balaban J connectivity index is 2.34. The van der Waals surface area contributed by atoms with Crippen molar-refractivity contribution in [1.29, 1.82) is 0 Å². The predicted molar refractivity (Wildman–Crippen MR) is 65.6 cm³/mol. The summed E-state index contributed by atoms with van der Waals surface area (Å²) in [4.78, 5) is 12.1. The number of aliphatic carboxylic acids is 1. The van der Waals surface area contributed by atoms with Gasteiger partial charge >= 0.3 is 5.97 Å². The summed E-state index contributed by atoms with van der Waals surface area (Å²) in [5, 5.41) is 14.0. The van der Waals surface area contributed by atoms with Crippen molar-refractivity contribution < 1.29 is 9.90 Å². The van der Waals surface area contributed by atoms with Crippen molar-refractivity contribution in [2.75, 3.05) is 12.0 Å². The molecular formula is C10H15NO2S2. The van der Waals surface area contributed by atoms with Crippen LogP contribution in [0.3, 0.4) is 0 Å². The quantitative estimate of drug-likeness (QED) is 0.772. The van der Waals surface area contributed by atoms with Gasteiger partial charge in [0.25, 0.3) is 0 Å². The minimum atomic E-state index is -0.763. The third kappa shape index (κ3) is 4.68. The van der Waals surface area contributed by atoms with Gasteiger partial charge in [0.1, 0.15) is 6.04 Å². The molecule has 3 nitrogen and oxygen atoms in total. The van der Waals surface area contributed by atoms with Gasteiger partial charge in [0.15, 0.2) is 0 Å². The molecule has 0 aromatic carbocycles. The Kier molecular flexibility index (Phi) is 5.75. The van der Waals surface area contributed by atoms with Crippen molar-refractivity contribution >= 4 is 29.1 Å². The summed E-state index contributed by atoms with van der Waals surface area (Å²) in [6.07, 6.45) is 2.65. The summed E-state index contributed by atoms with van der Waals surface area (Å²) < 4.78 is 0. The van der Waals surface area contributed by atoms with Crippen molar-refractivity contribution in [2.45, 2.75) is 19.0 Å². The van der Waals surface area contributed by atoms with E-state index in [1.807, 2.05) is 23.8 Å². The average Bonchev–Trinajstić information content (AvgIpc) is 2.70. The normalized spacial score (nSPS) is 12.6. The van der Waals surface area contributed by atoms with Crippen molar-refractivity contribution in [3.63, 3.8) is 0 Å². The van der Waals surface area contributed by atoms with E-state index >= 15 is 0 Å². The van der Waals surface area contributed by atoms with E-state index in [1.165, 1.54) is 4.88 Å². The Hall–Kier alpha value is -0.520. The van der Waals surface area contributed by atoms with Crippen LogP contribution in [0.1, 0.15) is 11.3 Å². The SMILES string of the molecule is CSCCC(NCc1cccs1)C(=O)O. The van der Waals surface area contributed by atoms with Crippen molar-refractivity contribution in [3.8, 4) is 0 Å². The molecule has 0 fully saturated rings. The molecule has 0 saturated carbocycles. The molecule has 15 heavy (non-hydrogen) atoms. The first-order chi connectivity index (χ1) is 7.24. The first-order valence-corrected chi connectivity index (χ1v) is 6.99. The van der Waals surface area contributed by atoms with Gasteiger partial charge < -0.3 is 5.11 Å². The Labute approximate surface area is 97.9 Å². The molecule has 0 saturated heterocycles. The largest absolute Gasteiger partial charge is 0.480 e. The fourth-order valence-corrected chi connectivity index (χ4v) is 2.31. The predicted octanol–water partition coefficient (Wildman–Crippen LogP) is 2.04. The zero-order chi connectivity index (χ0) is 11.1. The van der Waals surface area contributed by atoms with E-state index in [1.54, 1.807) is 23.1 Å². The van der Waals surface area contributed by atoms with Gasteiger partial charge in [-0.15, -0.1) is 11.3 Å². The first-order valence-electron chi connectivity index (χ1n) is 4.71. The number of thioether (sulfide) groups is 1. The highest BCUT2D eigenvalue weighted by molar-refractivity contribution is 7.98. The summed E-state index contributed by atoms with van der Waals surface area (Å²) in [6, 6.07) is 3.55. The number of hydrogen-bond acceptors (Lipinski definition) is 4. The molecule has 1 heterocycles. The van der Waals surface area contributed by atoms with Crippen LogP contribution in [0, 0.1) is 0 Å². The van der Waals surface area contributed by atoms with Crippen molar-refractivity contribution in [1.82, 2.24) is 5.32 Å². The molecule has 0 amide bonds. The number of rotatable bonds is 7. The minimum absolute atomic E-state index is 0.431. The molecule has 0 bridgehead atoms. The van der Waals surface area contributed by atoms with Crippen LogP contribution in [0.15, 0.2) is 17.5 Å². The lowest BCUT2D eigenvalue weighted by atomic mass is 10.2. The van der Waals surface area contributed by atoms with E-state index in [2.05, 4.69) is 5.32 Å². The molecule has 1 rings (SSSR count). The van der Waals surface area contributed by atoms with E-state index in [0.717, 1.165) is 5.75 Å². The lowest BCUT2D eigenvalue weighted by Gasteiger charge is -2.12. The Morgan fingerprint density at radius 1 is 1.73 bits per heavy atom. The van der Waals surface area contributed by atoms with Crippen molar-refractivity contribution in [3.05, 3.63) is 22.4 Å². The van der Waals surface area contributed by atoms with Gasteiger partial charge in [-0.25, -0.2) is 0 Å². The van der Waals surface area contributed by atoms with Gasteiger partial charge in [-0.1, -0.05) is 6.07 Å². The smallest absolute Gasteiger partial charge is 0.320 e. The number of carbonyl (C=O) groups is 1. The Bertz CT molecular complexity index is 288. The van der Waals surface area contributed by atoms with Gasteiger partial charge in [-0.05, 0) is 29.9 Å². The highest BCUT2D eigenvalue weighted by Gasteiger charge is 2.15. The highest BCUT2D eigenvalue weighted by Crippen LogP contribution is 2.09. The molecule has 0 aliphatic carbocycles. The number of nitrogens with one attached hydrogen (secondary N) is 1. The molecule has 2 N–H and O–H groups in total. The van der Waals surface area contributed by atoms with Crippen LogP contribution in [-0.2, 0) is 11.3 Å². The molecule has 1 aromatic rings. The second-order valence-corrected chi connectivity index (χ2v) is 5.15. The Morgan fingerprint density at radius 3 is 3.07 bits per heavy atom. The minimum Gasteiger partial charge on any atom is -0.480 e. The summed E-state index contributed by atoms with van der Waals surface area (Å²) in [5.74, 6) is 0.106. The third-order valence-electron chi connectivity index (χ3n) is 2.01. The van der Waals surface area contributed by atoms with Crippen LogP contribution in [0.2, 0.25) is 0 Å². The Morgan fingerprint density at radius 2 is 2.53 bits per heavy atom. The number of carboxylic acid groups (broad SMARTS) is 1. The second kappa shape index (κ2) is 6.87. The molecule has 5 heteroatoms. The second-order valence-electron chi connectivity index (χ2n) is 3.13. The van der Waals surface area contributed by atoms with Crippen LogP contribution in [0.4, 0.5) is 0 Å².